The monoisotopic (exact) mass is 376 g/mol. The van der Waals surface area contributed by atoms with Gasteiger partial charge in [-0.15, -0.1) is 10.2 Å². The maximum atomic E-state index is 12.7. The van der Waals surface area contributed by atoms with Crippen molar-refractivity contribution in [2.75, 3.05) is 20.3 Å². The number of hydrogen-bond acceptors (Lipinski definition) is 6. The second-order valence-electron chi connectivity index (χ2n) is 5.85. The molecule has 1 aromatic heterocycles. The number of ketones is 1. The second kappa shape index (κ2) is 10.1. The van der Waals surface area contributed by atoms with Crippen LogP contribution < -0.4 is 5.32 Å². The molecular weight excluding hydrogens is 352 g/mol. The fraction of sp³-hybridized carbons (Fsp3) is 0.444. The zero-order valence-electron chi connectivity index (χ0n) is 15.3. The van der Waals surface area contributed by atoms with Crippen LogP contribution in [0.2, 0.25) is 0 Å². The van der Waals surface area contributed by atoms with Gasteiger partial charge in [-0.2, -0.15) is 0 Å². The third kappa shape index (κ3) is 5.96. The highest BCUT2D eigenvalue weighted by Crippen LogP contribution is 2.24. The van der Waals surface area contributed by atoms with Crippen molar-refractivity contribution < 1.29 is 14.3 Å². The van der Waals surface area contributed by atoms with E-state index in [1.165, 1.54) is 18.7 Å². The van der Waals surface area contributed by atoms with Crippen LogP contribution in [0.4, 0.5) is 0 Å². The van der Waals surface area contributed by atoms with Crippen LogP contribution in [0.25, 0.3) is 0 Å². The minimum absolute atomic E-state index is 0.0407. The molecule has 8 heteroatoms. The molecule has 2 aromatic rings. The molecule has 0 aliphatic rings. The number of aromatic nitrogens is 3. The zero-order valence-corrected chi connectivity index (χ0v) is 16.1. The van der Waals surface area contributed by atoms with Crippen LogP contribution in [0, 0.1) is 0 Å². The van der Waals surface area contributed by atoms with Gasteiger partial charge in [0.15, 0.2) is 10.9 Å². The molecule has 0 bridgehead atoms. The van der Waals surface area contributed by atoms with E-state index in [0.29, 0.717) is 30.4 Å². The number of benzene rings is 1. The first kappa shape index (κ1) is 20.1. The number of amides is 1. The van der Waals surface area contributed by atoms with E-state index in [-0.39, 0.29) is 16.9 Å². The highest BCUT2D eigenvalue weighted by Gasteiger charge is 2.19. The number of nitrogens with one attached hydrogen (secondary N) is 1. The maximum Gasteiger partial charge on any atom is 0.216 e. The van der Waals surface area contributed by atoms with Gasteiger partial charge < -0.3 is 14.6 Å². The average molecular weight is 376 g/mol. The Balaban J connectivity index is 1.93. The maximum absolute atomic E-state index is 12.7. The topological polar surface area (TPSA) is 86.1 Å². The number of carbonyl (C=O) groups excluding carboxylic acids is 2. The first-order valence-electron chi connectivity index (χ1n) is 8.42. The number of nitrogens with zero attached hydrogens (tertiary/aromatic N) is 3. The predicted molar refractivity (Wildman–Crippen MR) is 100 cm³/mol. The van der Waals surface area contributed by atoms with Crippen molar-refractivity contribution in [1.29, 1.82) is 0 Å². The summed E-state index contributed by atoms with van der Waals surface area (Å²) < 4.78 is 6.95. The molecule has 1 atom stereocenters. The third-order valence-corrected chi connectivity index (χ3v) is 4.89. The molecule has 140 valence electrons. The van der Waals surface area contributed by atoms with Crippen molar-refractivity contribution in [3.05, 3.63) is 41.7 Å². The smallest absolute Gasteiger partial charge is 0.216 e. The third-order valence-electron chi connectivity index (χ3n) is 3.79. The summed E-state index contributed by atoms with van der Waals surface area (Å²) in [6, 6.07) is 7.51. The lowest BCUT2D eigenvalue weighted by molar-refractivity contribution is -0.118. The first-order chi connectivity index (χ1) is 12.5. The minimum atomic E-state index is -0.272. The van der Waals surface area contributed by atoms with Gasteiger partial charge in [0.1, 0.15) is 6.33 Å². The Morgan fingerprint density at radius 3 is 2.69 bits per heavy atom. The van der Waals surface area contributed by atoms with E-state index < -0.39 is 0 Å². The molecular formula is C18H24N4O3S. The molecule has 0 saturated heterocycles. The van der Waals surface area contributed by atoms with E-state index in [4.69, 9.17) is 4.74 Å². The minimum Gasteiger partial charge on any atom is -0.383 e. The summed E-state index contributed by atoms with van der Waals surface area (Å²) in [6.45, 7) is 5.17. The second-order valence-corrected chi connectivity index (χ2v) is 7.16. The van der Waals surface area contributed by atoms with Gasteiger partial charge in [-0.1, -0.05) is 36.0 Å². The largest absolute Gasteiger partial charge is 0.383 e. The van der Waals surface area contributed by atoms with Crippen molar-refractivity contribution in [2.45, 2.75) is 37.2 Å². The molecule has 2 rings (SSSR count). The molecule has 0 aliphatic heterocycles. The summed E-state index contributed by atoms with van der Waals surface area (Å²) in [6.07, 6.45) is 2.38. The molecule has 0 radical (unpaired) electrons. The van der Waals surface area contributed by atoms with Crippen molar-refractivity contribution in [2.24, 2.45) is 0 Å². The van der Waals surface area contributed by atoms with E-state index >= 15 is 0 Å². The highest BCUT2D eigenvalue weighted by atomic mass is 32.2. The molecule has 1 unspecified atom stereocenters. The van der Waals surface area contributed by atoms with Crippen LogP contribution >= 0.6 is 11.8 Å². The van der Waals surface area contributed by atoms with Crippen LogP contribution in [0.3, 0.4) is 0 Å². The molecule has 1 amide bonds. The number of methoxy groups -OCH3 is 1. The van der Waals surface area contributed by atoms with Crippen LogP contribution in [0.5, 0.6) is 0 Å². The van der Waals surface area contributed by atoms with Crippen LogP contribution in [0.15, 0.2) is 35.7 Å². The molecule has 0 spiro atoms. The summed E-state index contributed by atoms with van der Waals surface area (Å²) >= 11 is 1.39. The fourth-order valence-electron chi connectivity index (χ4n) is 2.34. The van der Waals surface area contributed by atoms with Crippen molar-refractivity contribution in [3.63, 3.8) is 0 Å². The zero-order chi connectivity index (χ0) is 18.9. The molecule has 1 N–H and O–H groups in total. The molecule has 0 saturated carbocycles. The Morgan fingerprint density at radius 2 is 2.04 bits per heavy atom. The van der Waals surface area contributed by atoms with Crippen molar-refractivity contribution in [3.8, 4) is 0 Å². The quantitative estimate of drug-likeness (QED) is 0.504. The number of ether oxygens (including phenoxy) is 1. The van der Waals surface area contributed by atoms with E-state index in [1.54, 1.807) is 13.4 Å². The summed E-state index contributed by atoms with van der Waals surface area (Å²) in [4.78, 5) is 23.5. The van der Waals surface area contributed by atoms with Gasteiger partial charge >= 0.3 is 0 Å². The van der Waals surface area contributed by atoms with Gasteiger partial charge in [-0.3, -0.25) is 9.59 Å². The van der Waals surface area contributed by atoms with Crippen molar-refractivity contribution in [1.82, 2.24) is 20.1 Å². The standard InChI is InChI=1S/C18H24N4O3S/c1-13(26-18-21-20-12-22(18)10-11-25-3)17(24)16-6-4-15(5-7-16)8-9-19-14(2)23/h4-7,12-13H,8-11H2,1-3H3,(H,19,23). The Labute approximate surface area is 157 Å². The predicted octanol–water partition coefficient (Wildman–Crippen LogP) is 1.97. The number of carbonyl (C=O) groups is 2. The highest BCUT2D eigenvalue weighted by molar-refractivity contribution is 8.00. The van der Waals surface area contributed by atoms with E-state index in [2.05, 4.69) is 15.5 Å². The van der Waals surface area contributed by atoms with Crippen molar-refractivity contribution >= 4 is 23.5 Å². The normalized spacial score (nSPS) is 12.0. The van der Waals surface area contributed by atoms with Gasteiger partial charge in [0.25, 0.3) is 0 Å². The summed E-state index contributed by atoms with van der Waals surface area (Å²) in [5, 5.41) is 11.2. The molecule has 26 heavy (non-hydrogen) atoms. The van der Waals surface area contributed by atoms with Crippen LogP contribution in [-0.2, 0) is 22.5 Å². The lowest BCUT2D eigenvalue weighted by atomic mass is 10.0. The van der Waals surface area contributed by atoms with Gasteiger partial charge in [0.2, 0.25) is 5.91 Å². The van der Waals surface area contributed by atoms with E-state index in [9.17, 15) is 9.59 Å². The Hall–Kier alpha value is -2.19. The van der Waals surface area contributed by atoms with E-state index in [0.717, 1.165) is 12.0 Å². The Kier molecular flexibility index (Phi) is 7.80. The number of Topliss-reactive ketones (excluding diaryl/α,β-unsaturated/α-hetero) is 1. The molecule has 0 aliphatic carbocycles. The molecule has 1 heterocycles. The van der Waals surface area contributed by atoms with Gasteiger partial charge in [-0.25, -0.2) is 0 Å². The van der Waals surface area contributed by atoms with Gasteiger partial charge in [0.05, 0.1) is 11.9 Å². The summed E-state index contributed by atoms with van der Waals surface area (Å²) in [5.74, 6) is 0.00528. The average Bonchev–Trinajstić information content (AvgIpc) is 3.06. The van der Waals surface area contributed by atoms with Gasteiger partial charge in [-0.05, 0) is 18.9 Å². The summed E-state index contributed by atoms with van der Waals surface area (Å²) in [7, 11) is 1.64. The number of thioether (sulfide) groups is 1. The number of hydrogen-bond donors (Lipinski definition) is 1. The lowest BCUT2D eigenvalue weighted by Crippen LogP contribution is -2.22. The molecule has 7 nitrogen and oxygen atoms in total. The lowest BCUT2D eigenvalue weighted by Gasteiger charge is -2.11. The first-order valence-corrected chi connectivity index (χ1v) is 9.30. The summed E-state index contributed by atoms with van der Waals surface area (Å²) in [5.41, 5.74) is 1.74. The van der Waals surface area contributed by atoms with Crippen LogP contribution in [0.1, 0.15) is 29.8 Å². The van der Waals surface area contributed by atoms with Crippen LogP contribution in [-0.4, -0.2) is 52.0 Å². The Bertz CT molecular complexity index is 730. The SMILES string of the molecule is COCCn1cnnc1SC(C)C(=O)c1ccc(CCNC(C)=O)cc1. The van der Waals surface area contributed by atoms with Gasteiger partial charge in [0, 0.05) is 32.7 Å². The van der Waals surface area contributed by atoms with E-state index in [1.807, 2.05) is 35.8 Å². The molecule has 0 fully saturated rings. The molecule has 1 aromatic carbocycles. The number of rotatable bonds is 10. The fourth-order valence-corrected chi connectivity index (χ4v) is 3.27. The Morgan fingerprint density at radius 1 is 1.31 bits per heavy atom.